The minimum absolute atomic E-state index is 0.0774. The molecule has 2 heterocycles. The number of rotatable bonds is 3. The van der Waals surface area contributed by atoms with Gasteiger partial charge in [-0.1, -0.05) is 30.3 Å². The molecule has 4 rings (SSSR count). The lowest BCUT2D eigenvalue weighted by atomic mass is 10.2. The van der Waals surface area contributed by atoms with Crippen molar-refractivity contribution < 1.29 is 13.2 Å². The summed E-state index contributed by atoms with van der Waals surface area (Å²) in [6.07, 6.45) is 0. The lowest BCUT2D eigenvalue weighted by Gasteiger charge is -2.28. The van der Waals surface area contributed by atoms with Gasteiger partial charge < -0.3 is 4.57 Å². The first-order valence-corrected chi connectivity index (χ1v) is 9.59. The number of Topliss-reactive ketones (excluding diaryl/α,β-unsaturated/α-hetero) is 1. The van der Waals surface area contributed by atoms with Gasteiger partial charge in [-0.15, -0.1) is 0 Å². The van der Waals surface area contributed by atoms with Gasteiger partial charge in [0, 0.05) is 29.9 Å². The van der Waals surface area contributed by atoms with E-state index in [1.54, 1.807) is 12.1 Å². The van der Waals surface area contributed by atoms with Crippen molar-refractivity contribution >= 4 is 26.7 Å². The van der Waals surface area contributed by atoms with Gasteiger partial charge in [-0.05, 0) is 36.6 Å². The van der Waals surface area contributed by atoms with Crippen molar-refractivity contribution in [2.45, 2.75) is 24.9 Å². The molecule has 0 unspecified atom stereocenters. The van der Waals surface area contributed by atoms with E-state index in [9.17, 15) is 13.2 Å². The van der Waals surface area contributed by atoms with E-state index in [1.807, 2.05) is 18.2 Å². The highest BCUT2D eigenvalue weighted by molar-refractivity contribution is 7.89. The number of sulfonamides is 1. The lowest BCUT2D eigenvalue weighted by Crippen LogP contribution is -2.38. The van der Waals surface area contributed by atoms with Crippen molar-refractivity contribution in [1.82, 2.24) is 8.87 Å². The van der Waals surface area contributed by atoms with Crippen molar-refractivity contribution in [2.24, 2.45) is 0 Å². The second-order valence-corrected chi connectivity index (χ2v) is 8.20. The van der Waals surface area contributed by atoms with Crippen LogP contribution in [0.25, 0.3) is 10.9 Å². The van der Waals surface area contributed by atoms with Crippen LogP contribution in [0.15, 0.2) is 59.5 Å². The molecule has 0 saturated carbocycles. The Hall–Kier alpha value is -2.44. The quantitative estimate of drug-likeness (QED) is 0.679. The minimum atomic E-state index is -3.58. The van der Waals surface area contributed by atoms with E-state index < -0.39 is 10.0 Å². The molecule has 0 aliphatic carbocycles. The molecule has 0 amide bonds. The van der Waals surface area contributed by atoms with E-state index in [0.29, 0.717) is 25.2 Å². The highest BCUT2D eigenvalue weighted by atomic mass is 32.2. The van der Waals surface area contributed by atoms with E-state index in [0.717, 1.165) is 16.6 Å². The van der Waals surface area contributed by atoms with Crippen LogP contribution in [0.1, 0.15) is 23.0 Å². The Labute approximate surface area is 146 Å². The van der Waals surface area contributed by atoms with Gasteiger partial charge >= 0.3 is 0 Å². The summed E-state index contributed by atoms with van der Waals surface area (Å²) < 4.78 is 29.5. The Morgan fingerprint density at radius 2 is 1.72 bits per heavy atom. The molecule has 0 N–H and O–H groups in total. The molecule has 0 spiro atoms. The topological polar surface area (TPSA) is 59.4 Å². The number of carbonyl (C=O) groups excluding carboxylic acids is 1. The van der Waals surface area contributed by atoms with Crippen molar-refractivity contribution in [3.05, 3.63) is 65.9 Å². The largest absolute Gasteiger partial charge is 0.342 e. The average molecular weight is 354 g/mol. The van der Waals surface area contributed by atoms with Crippen LogP contribution in [-0.4, -0.2) is 29.6 Å². The van der Waals surface area contributed by atoms with E-state index in [4.69, 9.17) is 0 Å². The van der Waals surface area contributed by atoms with Gasteiger partial charge in [0.2, 0.25) is 10.0 Å². The monoisotopic (exact) mass is 354 g/mol. The zero-order chi connectivity index (χ0) is 17.6. The minimum Gasteiger partial charge on any atom is -0.342 e. The average Bonchev–Trinajstić information content (AvgIpc) is 2.99. The fourth-order valence-electron chi connectivity index (χ4n) is 3.35. The van der Waals surface area contributed by atoms with Crippen LogP contribution in [0.3, 0.4) is 0 Å². The first kappa shape index (κ1) is 16.1. The maximum atomic E-state index is 12.9. The number of hydrogen-bond acceptors (Lipinski definition) is 3. The number of fused-ring (bicyclic) bond motifs is 3. The number of aromatic nitrogens is 1. The van der Waals surface area contributed by atoms with Crippen LogP contribution in [0.2, 0.25) is 0 Å². The fraction of sp³-hybridized carbons (Fsp3) is 0.211. The van der Waals surface area contributed by atoms with Gasteiger partial charge in [0.05, 0.1) is 11.4 Å². The number of benzene rings is 2. The molecular formula is C19H18N2O3S. The zero-order valence-corrected chi connectivity index (χ0v) is 14.7. The summed E-state index contributed by atoms with van der Waals surface area (Å²) >= 11 is 0. The molecular weight excluding hydrogens is 336 g/mol. The highest BCUT2D eigenvalue weighted by Gasteiger charge is 2.29. The molecule has 2 aromatic carbocycles. The summed E-state index contributed by atoms with van der Waals surface area (Å²) in [6.45, 7) is 2.88. The lowest BCUT2D eigenvalue weighted by molar-refractivity contribution is 0.101. The number of ketones is 1. The maximum absolute atomic E-state index is 12.9. The Kier molecular flexibility index (Phi) is 3.74. The smallest absolute Gasteiger partial charge is 0.243 e. The Morgan fingerprint density at radius 1 is 1.00 bits per heavy atom. The predicted molar refractivity (Wildman–Crippen MR) is 96.0 cm³/mol. The molecule has 128 valence electrons. The van der Waals surface area contributed by atoms with Crippen LogP contribution >= 0.6 is 0 Å². The van der Waals surface area contributed by atoms with E-state index in [1.165, 1.54) is 23.4 Å². The molecule has 1 aliphatic heterocycles. The molecule has 0 bridgehead atoms. The van der Waals surface area contributed by atoms with Gasteiger partial charge in [-0.3, -0.25) is 4.79 Å². The molecule has 0 radical (unpaired) electrons. The first-order chi connectivity index (χ1) is 12.0. The Bertz CT molecular complexity index is 1070. The molecule has 6 heteroatoms. The first-order valence-electron chi connectivity index (χ1n) is 8.15. The zero-order valence-electron chi connectivity index (χ0n) is 13.8. The van der Waals surface area contributed by atoms with Crippen LogP contribution in [0, 0.1) is 0 Å². The molecule has 0 atom stereocenters. The summed E-state index contributed by atoms with van der Waals surface area (Å²) in [7, 11) is -3.58. The third-order valence-corrected chi connectivity index (χ3v) is 6.57. The normalized spacial score (nSPS) is 15.2. The molecule has 1 aliphatic rings. The van der Waals surface area contributed by atoms with Crippen molar-refractivity contribution in [1.29, 1.82) is 0 Å². The van der Waals surface area contributed by atoms with E-state index in [-0.39, 0.29) is 10.7 Å². The molecule has 25 heavy (non-hydrogen) atoms. The molecule has 5 nitrogen and oxygen atoms in total. The molecule has 1 aromatic heterocycles. The Balaban J connectivity index is 1.67. The summed E-state index contributed by atoms with van der Waals surface area (Å²) in [5.74, 6) is -0.0774. The standard InChI is InChI=1S/C19H18N2O3S/c1-14(22)15-6-8-18(9-7-15)25(23,24)20-10-11-21-17(13-20)12-16-4-2-3-5-19(16)21/h2-9,12H,10-11,13H2,1H3. The van der Waals surface area contributed by atoms with Crippen LogP contribution in [0.4, 0.5) is 0 Å². The fourth-order valence-corrected chi connectivity index (χ4v) is 4.75. The Morgan fingerprint density at radius 3 is 2.44 bits per heavy atom. The van der Waals surface area contributed by atoms with Crippen LogP contribution in [0.5, 0.6) is 0 Å². The summed E-state index contributed by atoms with van der Waals surface area (Å²) in [5, 5.41) is 1.13. The van der Waals surface area contributed by atoms with Gasteiger partial charge in [-0.25, -0.2) is 8.42 Å². The van der Waals surface area contributed by atoms with Gasteiger partial charge in [0.1, 0.15) is 0 Å². The van der Waals surface area contributed by atoms with Crippen molar-refractivity contribution in [3.63, 3.8) is 0 Å². The van der Waals surface area contributed by atoms with Crippen LogP contribution in [-0.2, 0) is 23.1 Å². The molecule has 0 fully saturated rings. The number of para-hydroxylation sites is 1. The van der Waals surface area contributed by atoms with E-state index >= 15 is 0 Å². The third-order valence-electron chi connectivity index (χ3n) is 4.71. The second-order valence-electron chi connectivity index (χ2n) is 6.27. The van der Waals surface area contributed by atoms with Crippen molar-refractivity contribution in [2.75, 3.05) is 6.54 Å². The number of hydrogen-bond donors (Lipinski definition) is 0. The van der Waals surface area contributed by atoms with E-state index in [2.05, 4.69) is 16.7 Å². The third kappa shape index (κ3) is 2.67. The predicted octanol–water partition coefficient (Wildman–Crippen LogP) is 3.05. The number of carbonyl (C=O) groups is 1. The van der Waals surface area contributed by atoms with Gasteiger partial charge in [0.25, 0.3) is 0 Å². The summed E-state index contributed by atoms with van der Waals surface area (Å²) in [4.78, 5) is 11.6. The second kappa shape index (κ2) is 5.82. The number of nitrogens with zero attached hydrogens (tertiary/aromatic N) is 2. The summed E-state index contributed by atoms with van der Waals surface area (Å²) in [5.41, 5.74) is 2.65. The van der Waals surface area contributed by atoms with Gasteiger partial charge in [0.15, 0.2) is 5.78 Å². The maximum Gasteiger partial charge on any atom is 0.243 e. The molecule has 0 saturated heterocycles. The summed E-state index contributed by atoms with van der Waals surface area (Å²) in [6, 6.07) is 16.3. The van der Waals surface area contributed by atoms with Gasteiger partial charge in [-0.2, -0.15) is 4.31 Å². The SMILES string of the molecule is CC(=O)c1ccc(S(=O)(=O)N2CCn3c(cc4ccccc43)C2)cc1. The highest BCUT2D eigenvalue weighted by Crippen LogP contribution is 2.27. The van der Waals surface area contributed by atoms with Crippen LogP contribution < -0.4 is 0 Å². The van der Waals surface area contributed by atoms with Crippen molar-refractivity contribution in [3.8, 4) is 0 Å². The molecule has 3 aromatic rings.